The molecule has 0 N–H and O–H groups in total. The number of benzene rings is 1. The molecule has 103 valence electrons. The summed E-state index contributed by atoms with van der Waals surface area (Å²) >= 11 is 0. The molecule has 0 bridgehead atoms. The van der Waals surface area contributed by atoms with Crippen molar-refractivity contribution in [1.82, 2.24) is 0 Å². The van der Waals surface area contributed by atoms with E-state index in [1.54, 1.807) is 31.4 Å². The van der Waals surface area contributed by atoms with Gasteiger partial charge in [-0.2, -0.15) is 0 Å². The smallest absolute Gasteiger partial charge is 0.228 e. The van der Waals surface area contributed by atoms with Crippen molar-refractivity contribution < 1.29 is 14.6 Å². The van der Waals surface area contributed by atoms with E-state index < -0.39 is 17.1 Å². The van der Waals surface area contributed by atoms with Crippen LogP contribution in [-0.2, 0) is 5.11 Å². The molecule has 0 fully saturated rings. The minimum atomic E-state index is -1.03. The molecule has 0 aromatic heterocycles. The first-order valence-electron chi connectivity index (χ1n) is 6.38. The molecule has 0 saturated carbocycles. The number of hydrogen-bond acceptors (Lipinski definition) is 2. The number of hydrogen-bond donors (Lipinski definition) is 0. The molecule has 1 heterocycles. The predicted octanol–water partition coefficient (Wildman–Crippen LogP) is 2.61. The SMILES string of the molecule is COc1ccc(C2=[N+]([O-])C(C)(C)C(C)(C)C2[O])cc1. The molecule has 4 nitrogen and oxygen atoms in total. The molecular weight excluding hydrogens is 242 g/mol. The second kappa shape index (κ2) is 4.23. The van der Waals surface area contributed by atoms with Crippen LogP contribution in [0.3, 0.4) is 0 Å². The molecule has 19 heavy (non-hydrogen) atoms. The van der Waals surface area contributed by atoms with Crippen molar-refractivity contribution in [3.63, 3.8) is 0 Å². The van der Waals surface area contributed by atoms with Gasteiger partial charge in [-0.05, 0) is 38.1 Å². The summed E-state index contributed by atoms with van der Waals surface area (Å²) in [5.41, 5.74) is -0.342. The van der Waals surface area contributed by atoms with E-state index in [2.05, 4.69) is 0 Å². The van der Waals surface area contributed by atoms with Gasteiger partial charge in [0.25, 0.3) is 0 Å². The van der Waals surface area contributed by atoms with Crippen LogP contribution in [-0.4, -0.2) is 29.2 Å². The Hall–Kier alpha value is -1.55. The number of hydroxylamine groups is 1. The van der Waals surface area contributed by atoms with E-state index >= 15 is 0 Å². The van der Waals surface area contributed by atoms with Gasteiger partial charge in [0, 0.05) is 19.4 Å². The highest BCUT2D eigenvalue weighted by atomic mass is 16.5. The second-order valence-electron chi connectivity index (χ2n) is 6.07. The van der Waals surface area contributed by atoms with Gasteiger partial charge < -0.3 is 9.94 Å². The summed E-state index contributed by atoms with van der Waals surface area (Å²) in [7, 11) is 1.58. The zero-order chi connectivity index (χ0) is 14.4. The molecule has 1 atom stereocenters. The number of rotatable bonds is 2. The first-order valence-corrected chi connectivity index (χ1v) is 6.38. The van der Waals surface area contributed by atoms with Crippen LogP contribution in [0.5, 0.6) is 5.75 Å². The fourth-order valence-electron chi connectivity index (χ4n) is 2.36. The molecule has 1 aliphatic heterocycles. The van der Waals surface area contributed by atoms with E-state index in [4.69, 9.17) is 4.74 Å². The summed E-state index contributed by atoms with van der Waals surface area (Å²) in [4.78, 5) is 0. The molecule has 1 aromatic carbocycles. The van der Waals surface area contributed by atoms with Gasteiger partial charge in [-0.15, -0.1) is 0 Å². The lowest BCUT2D eigenvalue weighted by molar-refractivity contribution is -0.547. The Morgan fingerprint density at radius 1 is 1.16 bits per heavy atom. The van der Waals surface area contributed by atoms with Crippen LogP contribution in [0, 0.1) is 10.6 Å². The Bertz CT molecular complexity index is 515. The second-order valence-corrected chi connectivity index (χ2v) is 6.07. The number of methoxy groups -OCH3 is 1. The van der Waals surface area contributed by atoms with Crippen LogP contribution in [0.2, 0.25) is 0 Å². The molecule has 2 rings (SSSR count). The van der Waals surface area contributed by atoms with E-state index in [-0.39, 0.29) is 0 Å². The maximum absolute atomic E-state index is 12.6. The van der Waals surface area contributed by atoms with Crippen molar-refractivity contribution >= 4 is 5.71 Å². The minimum Gasteiger partial charge on any atom is -0.623 e. The molecule has 4 heteroatoms. The number of nitrogens with zero attached hydrogens (tertiary/aromatic N) is 1. The van der Waals surface area contributed by atoms with Gasteiger partial charge in [0.2, 0.25) is 5.71 Å². The third-order valence-electron chi connectivity index (χ3n) is 4.59. The number of ether oxygens (including phenoxy) is 1. The quantitative estimate of drug-likeness (QED) is 0.607. The third-order valence-corrected chi connectivity index (χ3v) is 4.59. The summed E-state index contributed by atoms with van der Waals surface area (Å²) in [6.45, 7) is 7.35. The minimum absolute atomic E-state index is 0.317. The fourth-order valence-corrected chi connectivity index (χ4v) is 2.36. The Morgan fingerprint density at radius 3 is 2.05 bits per heavy atom. The van der Waals surface area contributed by atoms with Crippen molar-refractivity contribution in [2.75, 3.05) is 7.11 Å². The summed E-state index contributed by atoms with van der Waals surface area (Å²) in [5, 5.41) is 25.0. The molecule has 0 amide bonds. The Morgan fingerprint density at radius 2 is 1.68 bits per heavy atom. The zero-order valence-electron chi connectivity index (χ0n) is 12.1. The van der Waals surface area contributed by atoms with Crippen molar-refractivity contribution in [2.45, 2.75) is 39.3 Å². The van der Waals surface area contributed by atoms with Gasteiger partial charge in [-0.25, -0.2) is 9.85 Å². The van der Waals surface area contributed by atoms with Crippen molar-refractivity contribution in [3.05, 3.63) is 35.0 Å². The third kappa shape index (κ3) is 1.82. The standard InChI is InChI=1S/C15H20NO3/c1-14(2)13(17)12(16(18)15(14,3)4)10-6-8-11(19-5)9-7-10/h6-9,13H,1-5H3. The van der Waals surface area contributed by atoms with Gasteiger partial charge in [0.15, 0.2) is 11.6 Å². The highest BCUT2D eigenvalue weighted by molar-refractivity contribution is 6.01. The molecular formula is C15H20NO3. The highest BCUT2D eigenvalue weighted by Gasteiger charge is 2.60. The maximum atomic E-state index is 12.6. The average Bonchev–Trinajstić information content (AvgIpc) is 2.49. The zero-order valence-corrected chi connectivity index (χ0v) is 12.1. The maximum Gasteiger partial charge on any atom is 0.228 e. The summed E-state index contributed by atoms with van der Waals surface area (Å²) in [6, 6.07) is 7.06. The molecule has 0 spiro atoms. The fraction of sp³-hybridized carbons (Fsp3) is 0.533. The van der Waals surface area contributed by atoms with Gasteiger partial charge in [-0.1, -0.05) is 0 Å². The summed E-state index contributed by atoms with van der Waals surface area (Å²) in [5.74, 6) is 0.709. The van der Waals surface area contributed by atoms with Gasteiger partial charge in [-0.3, -0.25) is 0 Å². The van der Waals surface area contributed by atoms with Crippen LogP contribution in [0.25, 0.3) is 0 Å². The molecule has 1 aromatic rings. The molecule has 1 radical (unpaired) electrons. The Kier molecular flexibility index (Phi) is 3.09. The normalized spacial score (nSPS) is 24.6. The van der Waals surface area contributed by atoms with Gasteiger partial charge >= 0.3 is 0 Å². The molecule has 1 unspecified atom stereocenters. The van der Waals surface area contributed by atoms with Crippen LogP contribution in [0.1, 0.15) is 33.3 Å². The van der Waals surface area contributed by atoms with Crippen LogP contribution >= 0.6 is 0 Å². The summed E-state index contributed by atoms with van der Waals surface area (Å²) in [6.07, 6.45) is -1.03. The van der Waals surface area contributed by atoms with E-state index in [1.165, 1.54) is 0 Å². The van der Waals surface area contributed by atoms with Crippen molar-refractivity contribution in [2.24, 2.45) is 5.41 Å². The van der Waals surface area contributed by atoms with Crippen molar-refractivity contribution in [1.29, 1.82) is 0 Å². The predicted molar refractivity (Wildman–Crippen MR) is 73.1 cm³/mol. The summed E-state index contributed by atoms with van der Waals surface area (Å²) < 4.78 is 5.97. The average molecular weight is 262 g/mol. The van der Waals surface area contributed by atoms with Crippen LogP contribution in [0.4, 0.5) is 0 Å². The van der Waals surface area contributed by atoms with Crippen molar-refractivity contribution in [3.8, 4) is 5.75 Å². The first-order chi connectivity index (χ1) is 8.73. The van der Waals surface area contributed by atoms with E-state index in [9.17, 15) is 10.3 Å². The Labute approximate surface area is 113 Å². The molecule has 0 saturated heterocycles. The van der Waals surface area contributed by atoms with Gasteiger partial charge in [0.05, 0.1) is 12.5 Å². The van der Waals surface area contributed by atoms with E-state index in [1.807, 2.05) is 27.7 Å². The van der Waals surface area contributed by atoms with E-state index in [0.717, 1.165) is 4.74 Å². The monoisotopic (exact) mass is 262 g/mol. The largest absolute Gasteiger partial charge is 0.623 e. The van der Waals surface area contributed by atoms with Crippen LogP contribution < -0.4 is 4.74 Å². The lowest BCUT2D eigenvalue weighted by Crippen LogP contribution is -2.45. The lowest BCUT2D eigenvalue weighted by Gasteiger charge is -2.32. The lowest BCUT2D eigenvalue weighted by atomic mass is 9.72. The first kappa shape index (κ1) is 13.9. The topological polar surface area (TPSA) is 55.2 Å². The van der Waals surface area contributed by atoms with Crippen LogP contribution in [0.15, 0.2) is 24.3 Å². The molecule has 0 aliphatic carbocycles. The van der Waals surface area contributed by atoms with Gasteiger partial charge in [0.1, 0.15) is 5.75 Å². The van der Waals surface area contributed by atoms with E-state index in [0.29, 0.717) is 17.0 Å². The Balaban J connectivity index is 2.52. The molecule has 1 aliphatic rings. The highest BCUT2D eigenvalue weighted by Crippen LogP contribution is 2.43.